The Labute approximate surface area is 116 Å². The van der Waals surface area contributed by atoms with Gasteiger partial charge in [-0.05, 0) is 29.6 Å². The number of ether oxygens (including phenoxy) is 1. The van der Waals surface area contributed by atoms with Crippen LogP contribution in [0.5, 0.6) is 0 Å². The summed E-state index contributed by atoms with van der Waals surface area (Å²) in [4.78, 5) is 12.7. The van der Waals surface area contributed by atoms with Gasteiger partial charge in [0.2, 0.25) is 5.91 Å². The Morgan fingerprint density at radius 2 is 2.11 bits per heavy atom. The molecule has 1 amide bonds. The molecule has 1 heterocycles. The number of methoxy groups -OCH3 is 1. The molecule has 0 aliphatic carbocycles. The summed E-state index contributed by atoms with van der Waals surface area (Å²) in [6, 6.07) is 11.7. The van der Waals surface area contributed by atoms with E-state index in [9.17, 15) is 4.79 Å². The molecule has 1 aromatic carbocycles. The van der Waals surface area contributed by atoms with E-state index < -0.39 is 0 Å². The van der Waals surface area contributed by atoms with Gasteiger partial charge in [0.25, 0.3) is 0 Å². The van der Waals surface area contributed by atoms with Gasteiger partial charge in [-0.3, -0.25) is 4.79 Å². The zero-order valence-electron chi connectivity index (χ0n) is 10.7. The molecule has 0 saturated carbocycles. The average Bonchev–Trinajstić information content (AvgIpc) is 2.90. The molecule has 0 aliphatic rings. The molecule has 0 radical (unpaired) electrons. The third kappa shape index (κ3) is 4.39. The summed E-state index contributed by atoms with van der Waals surface area (Å²) in [5.41, 5.74) is 1.74. The summed E-state index contributed by atoms with van der Waals surface area (Å²) in [5.74, 6) is -0.155. The first-order chi connectivity index (χ1) is 9.28. The van der Waals surface area contributed by atoms with Crippen LogP contribution in [0.15, 0.2) is 41.8 Å². The summed E-state index contributed by atoms with van der Waals surface area (Å²) in [6.07, 6.45) is 0. The van der Waals surface area contributed by atoms with Crippen LogP contribution in [0.25, 0.3) is 0 Å². The Hall–Kier alpha value is -1.85. The minimum Gasteiger partial charge on any atom is -0.380 e. The third-order valence-corrected chi connectivity index (χ3v) is 3.34. The van der Waals surface area contributed by atoms with E-state index in [4.69, 9.17) is 4.74 Å². The summed E-state index contributed by atoms with van der Waals surface area (Å²) in [6.45, 7) is 0.847. The lowest BCUT2D eigenvalue weighted by Crippen LogP contribution is -2.17. The van der Waals surface area contributed by atoms with Crippen LogP contribution in [0, 0.1) is 0 Å². The first-order valence-electron chi connectivity index (χ1n) is 5.93. The topological polar surface area (TPSA) is 50.4 Å². The van der Waals surface area contributed by atoms with Crippen molar-refractivity contribution in [2.45, 2.75) is 6.54 Å². The summed E-state index contributed by atoms with van der Waals surface area (Å²) in [7, 11) is 1.50. The molecule has 19 heavy (non-hydrogen) atoms. The number of nitrogens with one attached hydrogen (secondary N) is 2. The normalized spacial score (nSPS) is 10.2. The van der Waals surface area contributed by atoms with Crippen LogP contribution in [0.1, 0.15) is 4.88 Å². The predicted molar refractivity (Wildman–Crippen MR) is 78.6 cm³/mol. The van der Waals surface area contributed by atoms with Crippen molar-refractivity contribution in [2.24, 2.45) is 0 Å². The Bertz CT molecular complexity index is 526. The van der Waals surface area contributed by atoms with Gasteiger partial charge in [-0.25, -0.2) is 0 Å². The van der Waals surface area contributed by atoms with Gasteiger partial charge in [0.1, 0.15) is 6.61 Å². The minimum atomic E-state index is -0.155. The quantitative estimate of drug-likeness (QED) is 0.853. The number of hydrogen-bond acceptors (Lipinski definition) is 4. The van der Waals surface area contributed by atoms with Crippen LogP contribution >= 0.6 is 11.3 Å². The third-order valence-electron chi connectivity index (χ3n) is 2.47. The van der Waals surface area contributed by atoms with Gasteiger partial charge in [0, 0.05) is 29.9 Å². The maximum absolute atomic E-state index is 11.4. The van der Waals surface area contributed by atoms with Gasteiger partial charge in [-0.2, -0.15) is 0 Å². The van der Waals surface area contributed by atoms with Crippen molar-refractivity contribution < 1.29 is 9.53 Å². The second kappa shape index (κ2) is 6.92. The van der Waals surface area contributed by atoms with Crippen molar-refractivity contribution in [3.63, 3.8) is 0 Å². The number of hydrogen-bond donors (Lipinski definition) is 2. The molecule has 5 heteroatoms. The Morgan fingerprint density at radius 1 is 1.26 bits per heavy atom. The number of amides is 1. The van der Waals surface area contributed by atoms with Crippen LogP contribution in [0.2, 0.25) is 0 Å². The van der Waals surface area contributed by atoms with Crippen molar-refractivity contribution in [2.75, 3.05) is 24.4 Å². The maximum Gasteiger partial charge on any atom is 0.250 e. The van der Waals surface area contributed by atoms with Gasteiger partial charge in [-0.15, -0.1) is 11.3 Å². The Morgan fingerprint density at radius 3 is 2.84 bits per heavy atom. The molecule has 0 bridgehead atoms. The van der Waals surface area contributed by atoms with E-state index in [-0.39, 0.29) is 12.5 Å². The van der Waals surface area contributed by atoms with Crippen LogP contribution in [-0.2, 0) is 16.1 Å². The molecule has 0 saturated heterocycles. The van der Waals surface area contributed by atoms with Crippen molar-refractivity contribution >= 4 is 28.6 Å². The average molecular weight is 276 g/mol. The largest absolute Gasteiger partial charge is 0.380 e. The van der Waals surface area contributed by atoms with Crippen molar-refractivity contribution in [1.29, 1.82) is 0 Å². The van der Waals surface area contributed by atoms with E-state index in [2.05, 4.69) is 22.1 Å². The molecule has 2 N–H and O–H groups in total. The van der Waals surface area contributed by atoms with Crippen LogP contribution in [-0.4, -0.2) is 19.6 Å². The first-order valence-corrected chi connectivity index (χ1v) is 6.81. The number of carbonyl (C=O) groups is 1. The van der Waals surface area contributed by atoms with Crippen molar-refractivity contribution in [1.82, 2.24) is 0 Å². The number of rotatable bonds is 6. The zero-order valence-corrected chi connectivity index (χ0v) is 11.5. The van der Waals surface area contributed by atoms with E-state index in [1.165, 1.54) is 12.0 Å². The Balaban J connectivity index is 1.93. The fraction of sp³-hybridized carbons (Fsp3) is 0.214. The summed E-state index contributed by atoms with van der Waals surface area (Å²) >= 11 is 1.71. The second-order valence-electron chi connectivity index (χ2n) is 3.99. The lowest BCUT2D eigenvalue weighted by atomic mass is 10.2. The van der Waals surface area contributed by atoms with Gasteiger partial charge in [0.05, 0.1) is 0 Å². The fourth-order valence-corrected chi connectivity index (χ4v) is 2.28. The minimum absolute atomic E-state index is 0.0624. The summed E-state index contributed by atoms with van der Waals surface area (Å²) < 4.78 is 4.78. The second-order valence-corrected chi connectivity index (χ2v) is 5.03. The van der Waals surface area contributed by atoms with E-state index in [1.807, 2.05) is 30.3 Å². The molecule has 4 nitrogen and oxygen atoms in total. The first kappa shape index (κ1) is 13.6. The lowest BCUT2D eigenvalue weighted by Gasteiger charge is -2.08. The highest BCUT2D eigenvalue weighted by molar-refractivity contribution is 7.09. The van der Waals surface area contributed by atoms with Gasteiger partial charge in [-0.1, -0.05) is 12.1 Å². The van der Waals surface area contributed by atoms with Crippen LogP contribution in [0.3, 0.4) is 0 Å². The molecule has 2 rings (SSSR count). The lowest BCUT2D eigenvalue weighted by molar-refractivity contribution is -0.119. The van der Waals surface area contributed by atoms with E-state index >= 15 is 0 Å². The highest BCUT2D eigenvalue weighted by atomic mass is 32.1. The molecule has 0 fully saturated rings. The number of carbonyl (C=O) groups excluding carboxylic acids is 1. The highest BCUT2D eigenvalue weighted by Crippen LogP contribution is 2.17. The molecule has 0 atom stereocenters. The molecular formula is C14H16N2O2S. The Kier molecular flexibility index (Phi) is 4.94. The van der Waals surface area contributed by atoms with Gasteiger partial charge in [0.15, 0.2) is 0 Å². The molecule has 100 valence electrons. The maximum atomic E-state index is 11.4. The van der Waals surface area contributed by atoms with E-state index in [0.717, 1.165) is 17.9 Å². The number of benzene rings is 1. The standard InChI is InChI=1S/C14H16N2O2S/c1-18-10-14(17)16-12-5-2-4-11(8-12)15-9-13-6-3-7-19-13/h2-8,15H,9-10H2,1H3,(H,16,17). The number of thiophene rings is 1. The zero-order chi connectivity index (χ0) is 13.5. The van der Waals surface area contributed by atoms with Crippen LogP contribution in [0.4, 0.5) is 11.4 Å². The van der Waals surface area contributed by atoms with E-state index in [1.54, 1.807) is 11.3 Å². The van der Waals surface area contributed by atoms with Crippen molar-refractivity contribution in [3.05, 3.63) is 46.7 Å². The fourth-order valence-electron chi connectivity index (χ4n) is 1.64. The number of anilines is 2. The van der Waals surface area contributed by atoms with Gasteiger partial charge >= 0.3 is 0 Å². The molecular weight excluding hydrogens is 260 g/mol. The molecule has 0 unspecified atom stereocenters. The molecule has 2 aromatic rings. The molecule has 0 spiro atoms. The summed E-state index contributed by atoms with van der Waals surface area (Å²) in [5, 5.41) is 8.15. The highest BCUT2D eigenvalue weighted by Gasteiger charge is 2.02. The van der Waals surface area contributed by atoms with Crippen LogP contribution < -0.4 is 10.6 Å². The SMILES string of the molecule is COCC(=O)Nc1cccc(NCc2cccs2)c1. The predicted octanol–water partition coefficient (Wildman–Crippen LogP) is 2.95. The van der Waals surface area contributed by atoms with Crippen molar-refractivity contribution in [3.8, 4) is 0 Å². The van der Waals surface area contributed by atoms with Gasteiger partial charge < -0.3 is 15.4 Å². The smallest absolute Gasteiger partial charge is 0.250 e. The molecule has 0 aliphatic heterocycles. The molecule has 1 aromatic heterocycles. The van der Waals surface area contributed by atoms with E-state index in [0.29, 0.717) is 0 Å². The monoisotopic (exact) mass is 276 g/mol.